The van der Waals surface area contributed by atoms with Gasteiger partial charge in [0.05, 0.1) is 15.5 Å². The van der Waals surface area contributed by atoms with Crippen LogP contribution in [-0.2, 0) is 0 Å². The van der Waals surface area contributed by atoms with Gasteiger partial charge in [-0.1, -0.05) is 11.6 Å². The molecule has 0 fully saturated rings. The van der Waals surface area contributed by atoms with Crippen LogP contribution in [-0.4, -0.2) is 13.7 Å². The van der Waals surface area contributed by atoms with E-state index in [-0.39, 0.29) is 10.8 Å². The Morgan fingerprint density at radius 3 is 2.75 bits per heavy atom. The highest BCUT2D eigenvalue weighted by Gasteiger charge is 2.09. The van der Waals surface area contributed by atoms with Gasteiger partial charge >= 0.3 is 0 Å². The summed E-state index contributed by atoms with van der Waals surface area (Å²) in [5.74, 6) is -0.427. The maximum absolute atomic E-state index is 13.4. The number of anilines is 1. The highest BCUT2D eigenvalue weighted by molar-refractivity contribution is 9.28. The zero-order chi connectivity index (χ0) is 12.1. The zero-order valence-electron chi connectivity index (χ0n) is 8.36. The summed E-state index contributed by atoms with van der Waals surface area (Å²) in [5.41, 5.74) is 0.598. The van der Waals surface area contributed by atoms with E-state index in [1.807, 2.05) is 6.08 Å². The number of nitrogens with one attached hydrogen (secondary N) is 1. The molecule has 0 saturated carbocycles. The summed E-state index contributed by atoms with van der Waals surface area (Å²) in [4.78, 5) is 0. The molecule has 0 heterocycles. The molecule has 2 nitrogen and oxygen atoms in total. The predicted octanol–water partition coefficient (Wildman–Crippen LogP) is 4.53. The average molecular weight is 373 g/mol. The monoisotopic (exact) mass is 371 g/mol. The second-order valence-electron chi connectivity index (χ2n) is 2.85. The molecule has 0 aliphatic heterocycles. The third-order valence-corrected chi connectivity index (χ3v) is 2.69. The molecule has 0 aliphatic rings. The lowest BCUT2D eigenvalue weighted by Gasteiger charge is -2.08. The van der Waals surface area contributed by atoms with Gasteiger partial charge in [0.1, 0.15) is 0 Å². The van der Waals surface area contributed by atoms with Crippen molar-refractivity contribution in [2.45, 2.75) is 0 Å². The molecule has 0 radical (unpaired) electrons. The number of ether oxygens (including phenoxy) is 1. The lowest BCUT2D eigenvalue weighted by atomic mass is 10.3. The van der Waals surface area contributed by atoms with Gasteiger partial charge in [0.2, 0.25) is 0 Å². The molecule has 0 aromatic heterocycles. The van der Waals surface area contributed by atoms with Crippen molar-refractivity contribution in [1.29, 1.82) is 0 Å². The molecule has 0 atom stereocenters. The second kappa shape index (κ2) is 6.47. The Kier molecular flexibility index (Phi) is 5.58. The second-order valence-corrected chi connectivity index (χ2v) is 6.03. The number of hydrogen-bond acceptors (Lipinski definition) is 2. The Balaban J connectivity index is 2.80. The molecule has 0 aliphatic carbocycles. The van der Waals surface area contributed by atoms with E-state index in [2.05, 4.69) is 37.2 Å². The van der Waals surface area contributed by atoms with E-state index >= 15 is 0 Å². The minimum Gasteiger partial charge on any atom is -0.492 e. The van der Waals surface area contributed by atoms with E-state index in [0.717, 1.165) is 3.39 Å². The fourth-order valence-electron chi connectivity index (χ4n) is 1.10. The summed E-state index contributed by atoms with van der Waals surface area (Å²) in [6.45, 7) is 0.550. The van der Waals surface area contributed by atoms with E-state index in [0.29, 0.717) is 12.2 Å². The summed E-state index contributed by atoms with van der Waals surface area (Å²) in [5, 5.41) is 3.24. The summed E-state index contributed by atoms with van der Waals surface area (Å²) in [6, 6.07) is 2.94. The Labute approximate surface area is 115 Å². The molecule has 1 aromatic rings. The topological polar surface area (TPSA) is 21.3 Å². The molecule has 0 amide bonds. The minimum absolute atomic E-state index is 0.0597. The molecule has 1 aromatic carbocycles. The van der Waals surface area contributed by atoms with E-state index < -0.39 is 5.82 Å². The molecular formula is C10H9Br2ClFNO. The molecule has 0 saturated heterocycles. The Morgan fingerprint density at radius 1 is 1.56 bits per heavy atom. The maximum Gasteiger partial charge on any atom is 0.173 e. The minimum atomic E-state index is -0.487. The Morgan fingerprint density at radius 2 is 2.25 bits per heavy atom. The zero-order valence-corrected chi connectivity index (χ0v) is 12.3. The Hall–Kier alpha value is -0.260. The van der Waals surface area contributed by atoms with Crippen molar-refractivity contribution in [3.63, 3.8) is 0 Å². The van der Waals surface area contributed by atoms with Crippen LogP contribution in [0, 0.1) is 5.82 Å². The van der Waals surface area contributed by atoms with Gasteiger partial charge in [-0.25, -0.2) is 4.39 Å². The van der Waals surface area contributed by atoms with Crippen molar-refractivity contribution in [2.75, 3.05) is 19.0 Å². The predicted molar refractivity (Wildman–Crippen MR) is 72.4 cm³/mol. The first kappa shape index (κ1) is 13.8. The maximum atomic E-state index is 13.4. The van der Waals surface area contributed by atoms with Crippen molar-refractivity contribution >= 4 is 49.1 Å². The molecule has 0 unspecified atom stereocenters. The van der Waals surface area contributed by atoms with Gasteiger partial charge in [0.25, 0.3) is 0 Å². The molecule has 16 heavy (non-hydrogen) atoms. The number of rotatable bonds is 4. The molecule has 0 spiro atoms. The fraction of sp³-hybridized carbons (Fsp3) is 0.200. The molecule has 0 bridgehead atoms. The quantitative estimate of drug-likeness (QED) is 0.837. The summed E-state index contributed by atoms with van der Waals surface area (Å²) >= 11 is 12.3. The third-order valence-electron chi connectivity index (χ3n) is 1.76. The van der Waals surface area contributed by atoms with Crippen LogP contribution in [0.15, 0.2) is 21.6 Å². The van der Waals surface area contributed by atoms with Crippen molar-refractivity contribution in [1.82, 2.24) is 0 Å². The molecule has 88 valence electrons. The van der Waals surface area contributed by atoms with Crippen LogP contribution < -0.4 is 10.1 Å². The van der Waals surface area contributed by atoms with E-state index in [4.69, 9.17) is 16.3 Å². The van der Waals surface area contributed by atoms with Crippen molar-refractivity contribution in [3.8, 4) is 5.75 Å². The van der Waals surface area contributed by atoms with Crippen LogP contribution in [0.5, 0.6) is 5.75 Å². The van der Waals surface area contributed by atoms with Crippen molar-refractivity contribution < 1.29 is 9.13 Å². The van der Waals surface area contributed by atoms with Crippen LogP contribution in [0.3, 0.4) is 0 Å². The van der Waals surface area contributed by atoms with Gasteiger partial charge in [-0.2, -0.15) is 0 Å². The van der Waals surface area contributed by atoms with Crippen LogP contribution >= 0.6 is 43.5 Å². The highest BCUT2D eigenvalue weighted by Crippen LogP contribution is 2.30. The first-order valence-electron chi connectivity index (χ1n) is 4.32. The summed E-state index contributed by atoms with van der Waals surface area (Å²) in [6.07, 6.45) is 1.84. The van der Waals surface area contributed by atoms with Gasteiger partial charge in [-0.15, -0.1) is 0 Å². The molecule has 6 heteroatoms. The molecule has 1 rings (SSSR count). The van der Waals surface area contributed by atoms with Crippen molar-refractivity contribution in [2.24, 2.45) is 0 Å². The average Bonchev–Trinajstić information content (AvgIpc) is 2.16. The van der Waals surface area contributed by atoms with Crippen LogP contribution in [0.1, 0.15) is 0 Å². The fourth-order valence-corrected chi connectivity index (χ4v) is 1.71. The Bertz CT molecular complexity index is 385. The van der Waals surface area contributed by atoms with Gasteiger partial charge in [-0.3, -0.25) is 0 Å². The van der Waals surface area contributed by atoms with Gasteiger partial charge in [0.15, 0.2) is 11.6 Å². The number of halogens is 4. The van der Waals surface area contributed by atoms with E-state index in [9.17, 15) is 4.39 Å². The standard InChI is InChI=1S/C10H9Br2ClFNO/c1-16-10-7(13)4-6(5-8(10)14)15-3-2-9(11)12/h2,4-5,15H,3H2,1H3. The van der Waals surface area contributed by atoms with Gasteiger partial charge in [0, 0.05) is 18.3 Å². The first-order valence-corrected chi connectivity index (χ1v) is 6.29. The SMILES string of the molecule is COc1c(F)cc(NCC=C(Br)Br)cc1Cl. The first-order chi connectivity index (χ1) is 7.54. The molecule has 1 N–H and O–H groups in total. The lowest BCUT2D eigenvalue weighted by Crippen LogP contribution is -2.00. The largest absolute Gasteiger partial charge is 0.492 e. The van der Waals surface area contributed by atoms with Crippen LogP contribution in [0.2, 0.25) is 5.02 Å². The smallest absolute Gasteiger partial charge is 0.173 e. The van der Waals surface area contributed by atoms with Crippen LogP contribution in [0.25, 0.3) is 0 Å². The summed E-state index contributed by atoms with van der Waals surface area (Å²) < 4.78 is 19.1. The normalized spacial score (nSPS) is 9.81. The van der Waals surface area contributed by atoms with Crippen LogP contribution in [0.4, 0.5) is 10.1 Å². The van der Waals surface area contributed by atoms with Gasteiger partial charge in [-0.05, 0) is 44.0 Å². The van der Waals surface area contributed by atoms with Crippen molar-refractivity contribution in [3.05, 3.63) is 32.4 Å². The number of methoxy groups -OCH3 is 1. The van der Waals surface area contributed by atoms with Gasteiger partial charge < -0.3 is 10.1 Å². The summed E-state index contributed by atoms with van der Waals surface area (Å²) in [7, 11) is 1.38. The molecular weight excluding hydrogens is 364 g/mol. The van der Waals surface area contributed by atoms with E-state index in [1.165, 1.54) is 13.2 Å². The highest BCUT2D eigenvalue weighted by atomic mass is 79.9. The van der Waals surface area contributed by atoms with E-state index in [1.54, 1.807) is 6.07 Å². The lowest BCUT2D eigenvalue weighted by molar-refractivity contribution is 0.387. The number of benzene rings is 1. The third kappa shape index (κ3) is 3.96. The number of hydrogen-bond donors (Lipinski definition) is 1.